The van der Waals surface area contributed by atoms with Gasteiger partial charge in [-0.3, -0.25) is 29.0 Å². The Balaban J connectivity index is 1.07. The summed E-state index contributed by atoms with van der Waals surface area (Å²) in [6.07, 6.45) is 9.85. The van der Waals surface area contributed by atoms with Gasteiger partial charge in [0.1, 0.15) is 0 Å². The Hall–Kier alpha value is -5.06. The zero-order valence-corrected chi connectivity index (χ0v) is 29.3. The van der Waals surface area contributed by atoms with Crippen LogP contribution in [0, 0.1) is 47.3 Å². The molecule has 10 nitrogen and oxygen atoms in total. The first-order chi connectivity index (χ1) is 25.2. The standard InChI is InChI=1S/C42H42N4O6/c1-43(21-25-9-5-3-6-10-25)23-31-19-32(24-44(2)22-26-11-7-4-8-12-26)34(52-46-41(49)37-29-15-16-30(18-29)38(37)42(46)50)20-33(31)51-45-39(47)35-27-13-14-28(17-27)36(35)40(45)48/h3-16,19-20,27-30,35-38H,17-18,21-24H2,1-2H3/t27-,28+,29-,30+,35?,36?,37?,38?. The van der Waals surface area contributed by atoms with Crippen molar-refractivity contribution in [2.24, 2.45) is 47.3 Å². The molecule has 0 radical (unpaired) electrons. The highest BCUT2D eigenvalue weighted by Crippen LogP contribution is 2.54. The highest BCUT2D eigenvalue weighted by Gasteiger charge is 2.62. The van der Waals surface area contributed by atoms with Gasteiger partial charge in [-0.1, -0.05) is 85.0 Å². The van der Waals surface area contributed by atoms with Gasteiger partial charge in [-0.05, 0) is 67.8 Å². The average Bonchev–Trinajstić information content (AvgIpc) is 4.00. The van der Waals surface area contributed by atoms with Crippen molar-refractivity contribution in [2.45, 2.75) is 39.0 Å². The molecule has 2 saturated carbocycles. The van der Waals surface area contributed by atoms with Crippen LogP contribution in [0.1, 0.15) is 35.1 Å². The third-order valence-electron chi connectivity index (χ3n) is 12.0. The summed E-state index contributed by atoms with van der Waals surface area (Å²) in [7, 11) is 4.01. The summed E-state index contributed by atoms with van der Waals surface area (Å²) in [5.74, 6) is -2.31. The van der Waals surface area contributed by atoms with Crippen molar-refractivity contribution < 1.29 is 28.9 Å². The summed E-state index contributed by atoms with van der Waals surface area (Å²) in [4.78, 5) is 72.1. The fraction of sp³-hybridized carbons (Fsp3) is 0.381. The molecule has 266 valence electrons. The Morgan fingerprint density at radius 2 is 0.865 bits per heavy atom. The van der Waals surface area contributed by atoms with Gasteiger partial charge in [-0.25, -0.2) is 0 Å². The zero-order chi connectivity index (χ0) is 35.7. The second kappa shape index (κ2) is 12.9. The molecule has 0 N–H and O–H groups in total. The summed E-state index contributed by atoms with van der Waals surface area (Å²) >= 11 is 0. The molecule has 0 aromatic heterocycles. The largest absolute Gasteiger partial charge is 0.369 e. The van der Waals surface area contributed by atoms with E-state index in [0.29, 0.717) is 26.2 Å². The average molecular weight is 699 g/mol. The lowest BCUT2D eigenvalue weighted by molar-refractivity contribution is -0.167. The molecule has 3 aromatic carbocycles. The predicted octanol–water partition coefficient (Wildman–Crippen LogP) is 5.15. The number of amides is 4. The van der Waals surface area contributed by atoms with Crippen molar-refractivity contribution in [3.63, 3.8) is 0 Å². The second-order valence-corrected chi connectivity index (χ2v) is 15.5. The zero-order valence-electron chi connectivity index (χ0n) is 29.3. The van der Waals surface area contributed by atoms with Gasteiger partial charge in [0.15, 0.2) is 11.5 Å². The normalized spacial score (nSPS) is 29.4. The number of hydrogen-bond acceptors (Lipinski definition) is 8. The smallest absolute Gasteiger partial charge is 0.267 e. The van der Waals surface area contributed by atoms with E-state index in [9.17, 15) is 19.2 Å². The lowest BCUT2D eigenvalue weighted by atomic mass is 9.85. The van der Waals surface area contributed by atoms with Gasteiger partial charge in [0.05, 0.1) is 23.7 Å². The topological polar surface area (TPSA) is 99.7 Å². The van der Waals surface area contributed by atoms with Gasteiger partial charge in [0, 0.05) is 43.4 Å². The molecule has 2 heterocycles. The molecule has 4 fully saturated rings. The van der Waals surface area contributed by atoms with E-state index in [1.807, 2.05) is 56.6 Å². The van der Waals surface area contributed by atoms with Crippen LogP contribution in [0.4, 0.5) is 0 Å². The third kappa shape index (κ3) is 5.56. The fourth-order valence-electron chi connectivity index (χ4n) is 9.68. The van der Waals surface area contributed by atoms with Crippen LogP contribution in [0.3, 0.4) is 0 Å². The van der Waals surface area contributed by atoms with Gasteiger partial charge >= 0.3 is 0 Å². The lowest BCUT2D eigenvalue weighted by Gasteiger charge is -2.26. The van der Waals surface area contributed by atoms with Crippen molar-refractivity contribution in [3.8, 4) is 11.5 Å². The Morgan fingerprint density at radius 3 is 1.21 bits per heavy atom. The molecule has 8 atom stereocenters. The molecule has 4 bridgehead atoms. The van der Waals surface area contributed by atoms with E-state index >= 15 is 0 Å². The maximum absolute atomic E-state index is 13.8. The third-order valence-corrected chi connectivity index (χ3v) is 12.0. The van der Waals surface area contributed by atoms with Crippen LogP contribution in [-0.2, 0) is 45.4 Å². The number of rotatable bonds is 12. The minimum atomic E-state index is -0.420. The van der Waals surface area contributed by atoms with Crippen LogP contribution in [0.5, 0.6) is 11.5 Å². The summed E-state index contributed by atoms with van der Waals surface area (Å²) < 4.78 is 0. The minimum Gasteiger partial charge on any atom is -0.369 e. The van der Waals surface area contributed by atoms with Crippen molar-refractivity contribution >= 4 is 23.6 Å². The molecule has 2 aliphatic heterocycles. The van der Waals surface area contributed by atoms with Crippen molar-refractivity contribution in [2.75, 3.05) is 14.1 Å². The van der Waals surface area contributed by atoms with E-state index in [-0.39, 0.29) is 58.8 Å². The number of hydroxylamine groups is 4. The SMILES string of the molecule is CN(Cc1ccccc1)Cc1cc(CN(C)Cc2ccccc2)c(ON2C(=O)C3C(C2=O)[C@H]2C=C[C@@H]3C2)cc1ON1C(=O)C2C(C1=O)[C@H]1C=C[C@@H]2C1. The summed E-state index contributed by atoms with van der Waals surface area (Å²) in [5.41, 5.74) is 3.75. The molecule has 4 unspecified atom stereocenters. The van der Waals surface area contributed by atoms with E-state index in [1.54, 1.807) is 6.07 Å². The highest BCUT2D eigenvalue weighted by atomic mass is 16.7. The first kappa shape index (κ1) is 32.8. The number of fused-ring (bicyclic) bond motifs is 10. The summed E-state index contributed by atoms with van der Waals surface area (Å²) in [5, 5.41) is 1.89. The number of imide groups is 2. The molecule has 9 rings (SSSR count). The molecule has 4 aliphatic carbocycles. The highest BCUT2D eigenvalue weighted by molar-refractivity contribution is 6.06. The molecular weight excluding hydrogens is 656 g/mol. The Bertz CT molecular complexity index is 1800. The van der Waals surface area contributed by atoms with Crippen molar-refractivity contribution in [1.82, 2.24) is 19.9 Å². The number of hydrogen-bond donors (Lipinski definition) is 0. The van der Waals surface area contributed by atoms with Gasteiger partial charge in [0.25, 0.3) is 23.6 Å². The van der Waals surface area contributed by atoms with E-state index in [1.165, 1.54) is 0 Å². The monoisotopic (exact) mass is 698 g/mol. The van der Waals surface area contributed by atoms with E-state index in [2.05, 4.69) is 58.4 Å². The molecular formula is C42H42N4O6. The quantitative estimate of drug-likeness (QED) is 0.189. The fourth-order valence-corrected chi connectivity index (χ4v) is 9.68. The van der Waals surface area contributed by atoms with Crippen molar-refractivity contribution in [1.29, 1.82) is 0 Å². The number of nitrogens with zero attached hydrogens (tertiary/aromatic N) is 4. The minimum absolute atomic E-state index is 0.0365. The Labute approximate surface area is 303 Å². The van der Waals surface area contributed by atoms with Crippen LogP contribution in [0.2, 0.25) is 0 Å². The van der Waals surface area contributed by atoms with E-state index < -0.39 is 23.7 Å². The second-order valence-electron chi connectivity index (χ2n) is 15.5. The summed E-state index contributed by atoms with van der Waals surface area (Å²) in [6, 6.07) is 23.9. The van der Waals surface area contributed by atoms with Crippen LogP contribution < -0.4 is 9.68 Å². The van der Waals surface area contributed by atoms with Crippen LogP contribution in [0.15, 0.2) is 97.1 Å². The molecule has 52 heavy (non-hydrogen) atoms. The molecule has 6 aliphatic rings. The van der Waals surface area contributed by atoms with Crippen LogP contribution >= 0.6 is 0 Å². The number of carbonyl (C=O) groups is 4. The van der Waals surface area contributed by atoms with E-state index in [4.69, 9.17) is 9.68 Å². The number of benzene rings is 3. The maximum Gasteiger partial charge on any atom is 0.267 e. The summed E-state index contributed by atoms with van der Waals surface area (Å²) in [6.45, 7) is 2.16. The van der Waals surface area contributed by atoms with Gasteiger partial charge in [0.2, 0.25) is 0 Å². The van der Waals surface area contributed by atoms with E-state index in [0.717, 1.165) is 45.2 Å². The van der Waals surface area contributed by atoms with Crippen LogP contribution in [0.25, 0.3) is 0 Å². The van der Waals surface area contributed by atoms with Crippen LogP contribution in [-0.4, -0.2) is 57.7 Å². The lowest BCUT2D eigenvalue weighted by Crippen LogP contribution is -2.37. The Morgan fingerprint density at radius 1 is 0.519 bits per heavy atom. The first-order valence-corrected chi connectivity index (χ1v) is 18.3. The van der Waals surface area contributed by atoms with Gasteiger partial charge in [-0.2, -0.15) is 0 Å². The molecule has 2 saturated heterocycles. The number of allylic oxidation sites excluding steroid dienone is 4. The number of carbonyl (C=O) groups excluding carboxylic acids is 4. The first-order valence-electron chi connectivity index (χ1n) is 18.3. The maximum atomic E-state index is 13.8. The van der Waals surface area contributed by atoms with Gasteiger partial charge < -0.3 is 9.68 Å². The molecule has 3 aromatic rings. The Kier molecular flexibility index (Phi) is 8.12. The predicted molar refractivity (Wildman–Crippen MR) is 190 cm³/mol. The molecule has 10 heteroatoms. The molecule has 4 amide bonds. The van der Waals surface area contributed by atoms with Crippen molar-refractivity contribution in [3.05, 3.63) is 119 Å². The van der Waals surface area contributed by atoms with Gasteiger partial charge in [-0.15, -0.1) is 10.1 Å². The molecule has 0 spiro atoms.